The van der Waals surface area contributed by atoms with Gasteiger partial charge in [0.05, 0.1) is 0 Å². The molecule has 0 aliphatic heterocycles. The van der Waals surface area contributed by atoms with Gasteiger partial charge in [-0.25, -0.2) is 4.79 Å². The molecule has 0 heterocycles. The van der Waals surface area contributed by atoms with Crippen LogP contribution in [0.15, 0.2) is 12.7 Å². The number of hydrogen-bond acceptors (Lipinski definition) is 5. The van der Waals surface area contributed by atoms with Gasteiger partial charge in [0.2, 0.25) is 0 Å². The number of carbonyl (C=O) groups is 1. The zero-order valence-corrected chi connectivity index (χ0v) is 14.1. The van der Waals surface area contributed by atoms with Gasteiger partial charge in [0.25, 0.3) is 0 Å². The Balaban J connectivity index is 4.85. The molecule has 0 aromatic rings. The summed E-state index contributed by atoms with van der Waals surface area (Å²) in [7, 11) is -2.99. The van der Waals surface area contributed by atoms with Gasteiger partial charge >= 0.3 is 14.8 Å². The van der Waals surface area contributed by atoms with Gasteiger partial charge in [0, 0.05) is 25.4 Å². The minimum Gasteiger partial charge on any atom is -0.458 e. The molecule has 0 spiro atoms. The highest BCUT2D eigenvalue weighted by Gasteiger charge is 2.44. The summed E-state index contributed by atoms with van der Waals surface area (Å²) in [5.41, 5.74) is 0. The summed E-state index contributed by atoms with van der Waals surface area (Å²) in [6.07, 6.45) is 3.70. The fourth-order valence-corrected chi connectivity index (χ4v) is 3.93. The van der Waals surface area contributed by atoms with Crippen molar-refractivity contribution < 1.29 is 22.8 Å². The molecule has 1 atom stereocenters. The number of esters is 1. The SMILES string of the molecule is C=CC(=O)OC[Si](OCCC)(OCCC)OC(C)CC. The summed E-state index contributed by atoms with van der Waals surface area (Å²) < 4.78 is 22.8. The van der Waals surface area contributed by atoms with E-state index in [9.17, 15) is 4.79 Å². The largest absolute Gasteiger partial charge is 0.541 e. The fourth-order valence-electron chi connectivity index (χ4n) is 1.35. The summed E-state index contributed by atoms with van der Waals surface area (Å²) >= 11 is 0. The molecule has 6 heteroatoms. The van der Waals surface area contributed by atoms with E-state index < -0.39 is 14.8 Å². The Labute approximate surface area is 123 Å². The number of rotatable bonds is 12. The van der Waals surface area contributed by atoms with E-state index in [2.05, 4.69) is 6.58 Å². The van der Waals surface area contributed by atoms with E-state index in [1.807, 2.05) is 27.7 Å². The van der Waals surface area contributed by atoms with E-state index in [1.54, 1.807) is 0 Å². The van der Waals surface area contributed by atoms with Crippen molar-refractivity contribution in [3.8, 4) is 0 Å². The van der Waals surface area contributed by atoms with E-state index in [0.29, 0.717) is 13.2 Å². The molecule has 20 heavy (non-hydrogen) atoms. The van der Waals surface area contributed by atoms with E-state index in [1.165, 1.54) is 0 Å². The second kappa shape index (κ2) is 11.0. The molecular weight excluding hydrogens is 276 g/mol. The molecule has 0 radical (unpaired) electrons. The first-order valence-electron chi connectivity index (χ1n) is 7.28. The Morgan fingerprint density at radius 2 is 1.75 bits per heavy atom. The van der Waals surface area contributed by atoms with Gasteiger partial charge in [-0.2, -0.15) is 0 Å². The number of hydrogen-bond donors (Lipinski definition) is 0. The zero-order valence-electron chi connectivity index (χ0n) is 13.1. The Morgan fingerprint density at radius 3 is 2.15 bits per heavy atom. The lowest BCUT2D eigenvalue weighted by Gasteiger charge is -2.31. The van der Waals surface area contributed by atoms with Gasteiger partial charge in [-0.05, 0) is 26.2 Å². The van der Waals surface area contributed by atoms with Crippen LogP contribution in [-0.4, -0.2) is 40.3 Å². The second-order valence-electron chi connectivity index (χ2n) is 4.53. The average Bonchev–Trinajstić information content (AvgIpc) is 2.47. The predicted molar refractivity (Wildman–Crippen MR) is 80.2 cm³/mol. The summed E-state index contributed by atoms with van der Waals surface area (Å²) in [6.45, 7) is 12.4. The first kappa shape index (κ1) is 19.3. The molecule has 0 bridgehead atoms. The van der Waals surface area contributed by atoms with Gasteiger partial charge in [0.1, 0.15) is 0 Å². The molecule has 0 fully saturated rings. The smallest absolute Gasteiger partial charge is 0.458 e. The molecule has 0 amide bonds. The van der Waals surface area contributed by atoms with Crippen LogP contribution in [0.1, 0.15) is 47.0 Å². The third-order valence-electron chi connectivity index (χ3n) is 2.57. The third kappa shape index (κ3) is 7.79. The molecule has 1 unspecified atom stereocenters. The normalized spacial score (nSPS) is 13.0. The second-order valence-corrected chi connectivity index (χ2v) is 7.00. The van der Waals surface area contributed by atoms with Crippen molar-refractivity contribution in [3.63, 3.8) is 0 Å². The molecule has 0 aliphatic rings. The van der Waals surface area contributed by atoms with Crippen molar-refractivity contribution in [1.82, 2.24) is 0 Å². The summed E-state index contributed by atoms with van der Waals surface area (Å²) in [5, 5.41) is 0. The summed E-state index contributed by atoms with van der Waals surface area (Å²) in [6, 6.07) is 0. The third-order valence-corrected chi connectivity index (χ3v) is 5.11. The van der Waals surface area contributed by atoms with Crippen LogP contribution in [0.25, 0.3) is 0 Å². The maximum Gasteiger partial charge on any atom is 0.541 e. The van der Waals surface area contributed by atoms with Crippen LogP contribution in [0.3, 0.4) is 0 Å². The van der Waals surface area contributed by atoms with Gasteiger partial charge < -0.3 is 18.0 Å². The highest BCUT2D eigenvalue weighted by atomic mass is 28.4. The van der Waals surface area contributed by atoms with Gasteiger partial charge in [-0.1, -0.05) is 27.4 Å². The van der Waals surface area contributed by atoms with Crippen LogP contribution in [-0.2, 0) is 22.8 Å². The fraction of sp³-hybridized carbons (Fsp3) is 0.786. The highest BCUT2D eigenvalue weighted by Crippen LogP contribution is 2.16. The lowest BCUT2D eigenvalue weighted by Crippen LogP contribution is -2.53. The van der Waals surface area contributed by atoms with Crippen LogP contribution >= 0.6 is 0 Å². The molecule has 0 saturated heterocycles. The van der Waals surface area contributed by atoms with Crippen molar-refractivity contribution in [2.24, 2.45) is 0 Å². The van der Waals surface area contributed by atoms with Gasteiger partial charge in [-0.15, -0.1) is 0 Å². The summed E-state index contributed by atoms with van der Waals surface area (Å²) in [4.78, 5) is 11.3. The molecule has 5 nitrogen and oxygen atoms in total. The molecule has 0 aromatic carbocycles. The minimum atomic E-state index is -2.99. The standard InChI is InChI=1S/C14H28O5Si/c1-6-10-17-20(18-11-7-2,19-13(5)8-3)12-16-14(15)9-4/h9,13H,4,6-8,10-12H2,1-3,5H3. The predicted octanol–water partition coefficient (Wildman–Crippen LogP) is 2.86. The van der Waals surface area contributed by atoms with Crippen molar-refractivity contribution in [2.45, 2.75) is 53.1 Å². The van der Waals surface area contributed by atoms with E-state index in [4.69, 9.17) is 18.0 Å². The minimum absolute atomic E-state index is 0.00203. The maximum atomic E-state index is 11.3. The van der Waals surface area contributed by atoms with Crippen LogP contribution < -0.4 is 0 Å². The summed E-state index contributed by atoms with van der Waals surface area (Å²) in [5.74, 6) is -0.491. The molecule has 0 aliphatic carbocycles. The average molecular weight is 304 g/mol. The molecule has 0 aromatic heterocycles. The Kier molecular flexibility index (Phi) is 10.6. The lowest BCUT2D eigenvalue weighted by atomic mass is 10.3. The first-order chi connectivity index (χ1) is 9.53. The van der Waals surface area contributed by atoms with E-state index in [0.717, 1.165) is 25.3 Å². The Hall–Kier alpha value is -0.693. The van der Waals surface area contributed by atoms with Gasteiger partial charge in [-0.3, -0.25) is 0 Å². The topological polar surface area (TPSA) is 54.0 Å². The molecule has 0 saturated carbocycles. The molecule has 0 rings (SSSR count). The van der Waals surface area contributed by atoms with Crippen molar-refractivity contribution in [3.05, 3.63) is 12.7 Å². The van der Waals surface area contributed by atoms with E-state index in [-0.39, 0.29) is 12.3 Å². The molecular formula is C14H28O5Si. The highest BCUT2D eigenvalue weighted by molar-refractivity contribution is 6.60. The van der Waals surface area contributed by atoms with Crippen molar-refractivity contribution in [2.75, 3.05) is 19.4 Å². The van der Waals surface area contributed by atoms with Crippen molar-refractivity contribution in [1.29, 1.82) is 0 Å². The first-order valence-corrected chi connectivity index (χ1v) is 9.21. The Bertz CT molecular complexity index is 275. The van der Waals surface area contributed by atoms with Crippen molar-refractivity contribution >= 4 is 14.8 Å². The van der Waals surface area contributed by atoms with Crippen LogP contribution in [0.5, 0.6) is 0 Å². The zero-order chi connectivity index (χ0) is 15.4. The number of ether oxygens (including phenoxy) is 1. The molecule has 0 N–H and O–H groups in total. The number of carbonyl (C=O) groups excluding carboxylic acids is 1. The Morgan fingerprint density at radius 1 is 1.20 bits per heavy atom. The monoisotopic (exact) mass is 304 g/mol. The van der Waals surface area contributed by atoms with Crippen LogP contribution in [0.4, 0.5) is 0 Å². The lowest BCUT2D eigenvalue weighted by molar-refractivity contribution is -0.138. The van der Waals surface area contributed by atoms with Gasteiger partial charge in [0.15, 0.2) is 6.23 Å². The molecule has 118 valence electrons. The quantitative estimate of drug-likeness (QED) is 0.315. The van der Waals surface area contributed by atoms with E-state index >= 15 is 0 Å². The maximum absolute atomic E-state index is 11.3. The van der Waals surface area contributed by atoms with Crippen LogP contribution in [0, 0.1) is 0 Å². The van der Waals surface area contributed by atoms with Crippen LogP contribution in [0.2, 0.25) is 0 Å².